The summed E-state index contributed by atoms with van der Waals surface area (Å²) >= 11 is 0. The Bertz CT molecular complexity index is 454. The fraction of sp³-hybridized carbons (Fsp3) is 0.636. The maximum absolute atomic E-state index is 2.54. The molecular formula is C22H36N2. The van der Waals surface area contributed by atoms with Gasteiger partial charge in [0.1, 0.15) is 6.17 Å². The molecule has 0 bridgehead atoms. The molecule has 0 N–H and O–H groups in total. The van der Waals surface area contributed by atoms with Gasteiger partial charge in [0.05, 0.1) is 0 Å². The summed E-state index contributed by atoms with van der Waals surface area (Å²) in [5, 5.41) is 0. The molecule has 0 saturated heterocycles. The predicted molar refractivity (Wildman–Crippen MR) is 105 cm³/mol. The van der Waals surface area contributed by atoms with E-state index in [2.05, 4.69) is 66.4 Å². The van der Waals surface area contributed by atoms with Crippen molar-refractivity contribution in [1.82, 2.24) is 9.80 Å². The average Bonchev–Trinajstić information content (AvgIpc) is 3.02. The Morgan fingerprint density at radius 2 is 1.17 bits per heavy atom. The van der Waals surface area contributed by atoms with Gasteiger partial charge in [-0.1, -0.05) is 89.1 Å². The predicted octanol–water partition coefficient (Wildman–Crippen LogP) is 6.32. The zero-order valence-electron chi connectivity index (χ0n) is 15.8. The largest absolute Gasteiger partial charge is 0.352 e. The zero-order chi connectivity index (χ0) is 17.0. The van der Waals surface area contributed by atoms with Crippen LogP contribution in [0, 0.1) is 0 Å². The molecule has 134 valence electrons. The molecule has 2 heteroatoms. The third-order valence-electron chi connectivity index (χ3n) is 4.97. The fourth-order valence-electron chi connectivity index (χ4n) is 3.55. The van der Waals surface area contributed by atoms with E-state index in [9.17, 15) is 0 Å². The van der Waals surface area contributed by atoms with Crippen molar-refractivity contribution in [2.45, 2.75) is 77.8 Å². The second-order valence-corrected chi connectivity index (χ2v) is 7.03. The van der Waals surface area contributed by atoms with E-state index in [0.29, 0.717) is 6.17 Å². The van der Waals surface area contributed by atoms with E-state index < -0.39 is 0 Å². The first-order valence-electron chi connectivity index (χ1n) is 10.1. The summed E-state index contributed by atoms with van der Waals surface area (Å²) in [7, 11) is 0. The Hall–Kier alpha value is -1.44. The maximum atomic E-state index is 2.54. The number of rotatable bonds is 12. The summed E-state index contributed by atoms with van der Waals surface area (Å²) in [5.41, 5.74) is 1.42. The Balaban J connectivity index is 1.90. The monoisotopic (exact) mass is 328 g/mol. The quantitative estimate of drug-likeness (QED) is 0.414. The van der Waals surface area contributed by atoms with E-state index >= 15 is 0 Å². The zero-order valence-corrected chi connectivity index (χ0v) is 15.8. The second kappa shape index (κ2) is 11.2. The normalized spacial score (nSPS) is 17.0. The molecule has 2 nitrogen and oxygen atoms in total. The molecule has 1 aliphatic rings. The molecule has 1 unspecified atom stereocenters. The molecule has 0 aliphatic carbocycles. The highest BCUT2D eigenvalue weighted by molar-refractivity contribution is 5.21. The van der Waals surface area contributed by atoms with E-state index in [1.54, 1.807) is 0 Å². The highest BCUT2D eigenvalue weighted by Gasteiger charge is 2.26. The van der Waals surface area contributed by atoms with Crippen LogP contribution >= 0.6 is 0 Å². The molecule has 0 spiro atoms. The minimum absolute atomic E-state index is 0.402. The van der Waals surface area contributed by atoms with Crippen LogP contribution in [0.15, 0.2) is 42.7 Å². The lowest BCUT2D eigenvalue weighted by atomic mass is 10.1. The Morgan fingerprint density at radius 1 is 0.667 bits per heavy atom. The summed E-state index contributed by atoms with van der Waals surface area (Å²) < 4.78 is 0. The smallest absolute Gasteiger partial charge is 0.127 e. The van der Waals surface area contributed by atoms with Crippen molar-refractivity contribution in [2.24, 2.45) is 0 Å². The van der Waals surface area contributed by atoms with Crippen molar-refractivity contribution >= 4 is 0 Å². The maximum Gasteiger partial charge on any atom is 0.127 e. The van der Waals surface area contributed by atoms with Crippen LogP contribution in [-0.2, 0) is 0 Å². The van der Waals surface area contributed by atoms with Crippen LogP contribution < -0.4 is 0 Å². The molecule has 0 saturated carbocycles. The highest BCUT2D eigenvalue weighted by Crippen LogP contribution is 2.31. The van der Waals surface area contributed by atoms with Crippen LogP contribution in [0.4, 0.5) is 0 Å². The first kappa shape index (κ1) is 18.9. The van der Waals surface area contributed by atoms with Crippen molar-refractivity contribution in [1.29, 1.82) is 0 Å². The van der Waals surface area contributed by atoms with Crippen molar-refractivity contribution in [3.05, 3.63) is 48.3 Å². The van der Waals surface area contributed by atoms with Crippen molar-refractivity contribution < 1.29 is 0 Å². The minimum Gasteiger partial charge on any atom is -0.352 e. The van der Waals surface area contributed by atoms with Crippen LogP contribution in [0.25, 0.3) is 0 Å². The standard InChI is InChI=1S/C22H36N2/c1-3-5-7-9-14-18-24-20-19-23(17-13-8-6-4-2)22(24)21-15-11-10-12-16-21/h10-12,15-16,19-20,22H,3-9,13-14,17-18H2,1-2H3. The van der Waals surface area contributed by atoms with Crippen molar-refractivity contribution in [3.63, 3.8) is 0 Å². The molecule has 1 aromatic carbocycles. The van der Waals surface area contributed by atoms with Gasteiger partial charge in [0.2, 0.25) is 0 Å². The van der Waals surface area contributed by atoms with Gasteiger partial charge in [0.15, 0.2) is 0 Å². The highest BCUT2D eigenvalue weighted by atomic mass is 15.4. The molecule has 1 aromatic rings. The molecule has 0 amide bonds. The number of benzene rings is 1. The van der Waals surface area contributed by atoms with E-state index in [1.165, 1.54) is 76.4 Å². The third kappa shape index (κ3) is 5.89. The molecule has 1 atom stereocenters. The van der Waals surface area contributed by atoms with Crippen LogP contribution in [0.5, 0.6) is 0 Å². The first-order valence-corrected chi connectivity index (χ1v) is 10.1. The van der Waals surface area contributed by atoms with Gasteiger partial charge in [-0.15, -0.1) is 0 Å². The Morgan fingerprint density at radius 3 is 1.71 bits per heavy atom. The Labute approximate surface area is 149 Å². The molecule has 2 rings (SSSR count). The van der Waals surface area contributed by atoms with Gasteiger partial charge in [0, 0.05) is 25.5 Å². The summed E-state index contributed by atoms with van der Waals surface area (Å²) in [5.74, 6) is 0. The second-order valence-electron chi connectivity index (χ2n) is 7.03. The van der Waals surface area contributed by atoms with E-state index in [1.807, 2.05) is 0 Å². The van der Waals surface area contributed by atoms with Crippen LogP contribution in [0.1, 0.15) is 83.4 Å². The van der Waals surface area contributed by atoms with Gasteiger partial charge < -0.3 is 9.80 Å². The lowest BCUT2D eigenvalue weighted by Gasteiger charge is -2.33. The topological polar surface area (TPSA) is 6.48 Å². The van der Waals surface area contributed by atoms with Crippen LogP contribution in [0.3, 0.4) is 0 Å². The third-order valence-corrected chi connectivity index (χ3v) is 4.97. The summed E-state index contributed by atoms with van der Waals surface area (Å²) in [6.07, 6.45) is 17.1. The van der Waals surface area contributed by atoms with Gasteiger partial charge in [-0.05, 0) is 18.4 Å². The van der Waals surface area contributed by atoms with Gasteiger partial charge >= 0.3 is 0 Å². The van der Waals surface area contributed by atoms with Gasteiger partial charge in [-0.3, -0.25) is 0 Å². The first-order chi connectivity index (χ1) is 11.9. The van der Waals surface area contributed by atoms with Crippen molar-refractivity contribution in [2.75, 3.05) is 13.1 Å². The summed E-state index contributed by atoms with van der Waals surface area (Å²) in [6.45, 7) is 6.90. The van der Waals surface area contributed by atoms with E-state index in [0.717, 1.165) is 0 Å². The van der Waals surface area contributed by atoms with E-state index in [4.69, 9.17) is 0 Å². The number of hydrogen-bond donors (Lipinski definition) is 0. The number of hydrogen-bond acceptors (Lipinski definition) is 2. The van der Waals surface area contributed by atoms with Crippen LogP contribution in [-0.4, -0.2) is 22.9 Å². The molecule has 0 fully saturated rings. The van der Waals surface area contributed by atoms with Gasteiger partial charge in [0.25, 0.3) is 0 Å². The number of unbranched alkanes of at least 4 members (excludes halogenated alkanes) is 7. The lowest BCUT2D eigenvalue weighted by Crippen LogP contribution is -2.32. The lowest BCUT2D eigenvalue weighted by molar-refractivity contribution is 0.150. The molecule has 1 aliphatic heterocycles. The summed E-state index contributed by atoms with van der Waals surface area (Å²) in [4.78, 5) is 5.08. The molecule has 0 aromatic heterocycles. The summed E-state index contributed by atoms with van der Waals surface area (Å²) in [6, 6.07) is 11.0. The molecule has 0 radical (unpaired) electrons. The fourth-order valence-corrected chi connectivity index (χ4v) is 3.55. The van der Waals surface area contributed by atoms with Gasteiger partial charge in [-0.25, -0.2) is 0 Å². The van der Waals surface area contributed by atoms with E-state index in [-0.39, 0.29) is 0 Å². The minimum atomic E-state index is 0.402. The molecule has 24 heavy (non-hydrogen) atoms. The SMILES string of the molecule is CCCCCCCN1C=CN(CCCCCC)C1c1ccccc1. The van der Waals surface area contributed by atoms with Gasteiger partial charge in [-0.2, -0.15) is 0 Å². The van der Waals surface area contributed by atoms with Crippen molar-refractivity contribution in [3.8, 4) is 0 Å². The number of nitrogens with zero attached hydrogens (tertiary/aromatic N) is 2. The molecular weight excluding hydrogens is 292 g/mol. The average molecular weight is 329 g/mol. The Kier molecular flexibility index (Phi) is 8.80. The van der Waals surface area contributed by atoms with Crippen LogP contribution in [0.2, 0.25) is 0 Å². The molecule has 1 heterocycles.